The number of rotatable bonds is 7. The van der Waals surface area contributed by atoms with Crippen LogP contribution in [-0.2, 0) is 20.7 Å². The van der Waals surface area contributed by atoms with Crippen molar-refractivity contribution in [2.24, 2.45) is 5.92 Å². The Morgan fingerprint density at radius 1 is 1.31 bits per heavy atom. The van der Waals surface area contributed by atoms with Crippen LogP contribution in [-0.4, -0.2) is 37.5 Å². The van der Waals surface area contributed by atoms with E-state index in [1.165, 1.54) is 16.2 Å². The summed E-state index contributed by atoms with van der Waals surface area (Å²) in [5, 5.41) is 5.10. The Morgan fingerprint density at radius 2 is 2.07 bits per heavy atom. The first-order chi connectivity index (χ1) is 13.9. The van der Waals surface area contributed by atoms with Crippen molar-refractivity contribution in [3.05, 3.63) is 40.8 Å². The molecule has 29 heavy (non-hydrogen) atoms. The summed E-state index contributed by atoms with van der Waals surface area (Å²) in [7, 11) is 0. The number of fused-ring (bicyclic) bond motifs is 1. The van der Waals surface area contributed by atoms with E-state index in [1.807, 2.05) is 5.38 Å². The summed E-state index contributed by atoms with van der Waals surface area (Å²) in [6.07, 6.45) is 0.704. The molecule has 7 nitrogen and oxygen atoms in total. The summed E-state index contributed by atoms with van der Waals surface area (Å²) in [5.41, 5.74) is 1.80. The van der Waals surface area contributed by atoms with Crippen LogP contribution in [0.25, 0.3) is 0 Å². The zero-order valence-electron chi connectivity index (χ0n) is 16.7. The Hall–Kier alpha value is -2.87. The lowest BCUT2D eigenvalue weighted by Crippen LogP contribution is -2.43. The van der Waals surface area contributed by atoms with Crippen molar-refractivity contribution in [2.75, 3.05) is 30.0 Å². The topological polar surface area (TPSA) is 84.9 Å². The fourth-order valence-electron chi connectivity index (χ4n) is 3.14. The van der Waals surface area contributed by atoms with Crippen molar-refractivity contribution in [3.63, 3.8) is 0 Å². The number of carbonyl (C=O) groups is 3. The van der Waals surface area contributed by atoms with Crippen molar-refractivity contribution in [3.8, 4) is 5.75 Å². The predicted octanol–water partition coefficient (Wildman–Crippen LogP) is 3.49. The molecule has 0 fully saturated rings. The van der Waals surface area contributed by atoms with E-state index in [4.69, 9.17) is 9.47 Å². The van der Waals surface area contributed by atoms with E-state index in [-0.39, 0.29) is 25.7 Å². The number of ether oxygens (including phenoxy) is 2. The molecule has 0 saturated carbocycles. The molecule has 2 amide bonds. The Bertz CT molecular complexity index is 922. The van der Waals surface area contributed by atoms with Crippen LogP contribution in [0.2, 0.25) is 0 Å². The van der Waals surface area contributed by atoms with Gasteiger partial charge in [0.15, 0.2) is 6.61 Å². The summed E-state index contributed by atoms with van der Waals surface area (Å²) in [6.45, 7) is 5.84. The third-order valence-electron chi connectivity index (χ3n) is 4.34. The zero-order valence-corrected chi connectivity index (χ0v) is 17.5. The quantitative estimate of drug-likeness (QED) is 0.699. The van der Waals surface area contributed by atoms with Crippen LogP contribution in [0.4, 0.5) is 10.7 Å². The summed E-state index contributed by atoms with van der Waals surface area (Å²) in [6, 6.07) is 7.07. The highest BCUT2D eigenvalue weighted by Crippen LogP contribution is 2.33. The van der Waals surface area contributed by atoms with Gasteiger partial charge in [-0.1, -0.05) is 26.0 Å². The molecule has 1 N–H and O–H groups in total. The average molecular weight is 416 g/mol. The molecule has 0 saturated heterocycles. The molecule has 0 atom stereocenters. The molecule has 1 aromatic carbocycles. The van der Waals surface area contributed by atoms with Crippen LogP contribution < -0.4 is 15.0 Å². The minimum atomic E-state index is -0.451. The highest BCUT2D eigenvalue weighted by molar-refractivity contribution is 7.15. The minimum Gasteiger partial charge on any atom is -0.482 e. The molecule has 8 heteroatoms. The zero-order chi connectivity index (χ0) is 21.0. The number of hydrogen-bond acceptors (Lipinski definition) is 6. The van der Waals surface area contributed by atoms with Gasteiger partial charge in [0.1, 0.15) is 17.3 Å². The average Bonchev–Trinajstić information content (AvgIpc) is 3.05. The van der Waals surface area contributed by atoms with Gasteiger partial charge in [-0.3, -0.25) is 14.5 Å². The lowest BCUT2D eigenvalue weighted by Gasteiger charge is -2.28. The minimum absolute atomic E-state index is 0.115. The molecule has 0 radical (unpaired) electrons. The van der Waals surface area contributed by atoms with Crippen LogP contribution in [0.15, 0.2) is 29.6 Å². The van der Waals surface area contributed by atoms with Crippen molar-refractivity contribution in [2.45, 2.75) is 27.2 Å². The lowest BCUT2D eigenvalue weighted by atomic mass is 10.0. The molecule has 1 aromatic heterocycles. The second kappa shape index (κ2) is 9.09. The van der Waals surface area contributed by atoms with Crippen LogP contribution in [0.5, 0.6) is 5.75 Å². The van der Waals surface area contributed by atoms with Gasteiger partial charge in [-0.25, -0.2) is 4.79 Å². The molecule has 2 heterocycles. The Morgan fingerprint density at radius 3 is 2.79 bits per heavy atom. The van der Waals surface area contributed by atoms with Crippen molar-refractivity contribution in [1.82, 2.24) is 0 Å². The van der Waals surface area contributed by atoms with Gasteiger partial charge in [0, 0.05) is 0 Å². The maximum atomic E-state index is 12.7. The first-order valence-electron chi connectivity index (χ1n) is 9.50. The van der Waals surface area contributed by atoms with Crippen molar-refractivity contribution in [1.29, 1.82) is 0 Å². The van der Waals surface area contributed by atoms with Gasteiger partial charge < -0.3 is 14.8 Å². The van der Waals surface area contributed by atoms with E-state index in [2.05, 4.69) is 19.2 Å². The Kier molecular flexibility index (Phi) is 6.53. The predicted molar refractivity (Wildman–Crippen MR) is 112 cm³/mol. The van der Waals surface area contributed by atoms with E-state index < -0.39 is 11.9 Å². The molecule has 0 spiro atoms. The van der Waals surface area contributed by atoms with Crippen molar-refractivity contribution < 1.29 is 23.9 Å². The molecule has 2 aromatic rings. The van der Waals surface area contributed by atoms with E-state index in [0.717, 1.165) is 5.56 Å². The van der Waals surface area contributed by atoms with E-state index in [0.29, 0.717) is 34.3 Å². The fourth-order valence-corrected chi connectivity index (χ4v) is 4.12. The molecule has 1 aliphatic heterocycles. The monoisotopic (exact) mass is 416 g/mol. The summed E-state index contributed by atoms with van der Waals surface area (Å²) in [5.74, 6) is -0.228. The number of carbonyl (C=O) groups excluding carboxylic acids is 3. The highest BCUT2D eigenvalue weighted by Gasteiger charge is 2.28. The largest absolute Gasteiger partial charge is 0.482 e. The summed E-state index contributed by atoms with van der Waals surface area (Å²) < 4.78 is 10.6. The molecule has 1 aliphatic rings. The van der Waals surface area contributed by atoms with Crippen LogP contribution in [0, 0.1) is 5.92 Å². The fraction of sp³-hybridized carbons (Fsp3) is 0.381. The molecule has 3 rings (SSSR count). The number of nitrogens with one attached hydrogen (secondary N) is 1. The molecule has 154 valence electrons. The second-order valence-electron chi connectivity index (χ2n) is 7.07. The maximum Gasteiger partial charge on any atom is 0.341 e. The second-order valence-corrected chi connectivity index (χ2v) is 7.95. The van der Waals surface area contributed by atoms with Gasteiger partial charge in [-0.2, -0.15) is 0 Å². The van der Waals surface area contributed by atoms with Crippen LogP contribution >= 0.6 is 11.3 Å². The molecule has 0 bridgehead atoms. The number of para-hydroxylation sites is 2. The van der Waals surface area contributed by atoms with Crippen LogP contribution in [0.1, 0.15) is 36.7 Å². The number of amides is 2. The summed E-state index contributed by atoms with van der Waals surface area (Å²) >= 11 is 1.29. The van der Waals surface area contributed by atoms with E-state index >= 15 is 0 Å². The van der Waals surface area contributed by atoms with Crippen molar-refractivity contribution >= 4 is 39.8 Å². The standard InChI is InChI=1S/C21H24N2O5S/c1-4-27-21(26)19-14(9-13(2)3)12-29-20(19)22-17(24)10-23-15-7-5-6-8-16(15)28-11-18(23)25/h5-8,12-13H,4,9-11H2,1-3H3,(H,22,24). The number of esters is 1. The van der Waals surface area contributed by atoms with Gasteiger partial charge in [0.25, 0.3) is 5.91 Å². The molecular formula is C21H24N2O5S. The van der Waals surface area contributed by atoms with Gasteiger partial charge in [0.2, 0.25) is 5.91 Å². The molecular weight excluding hydrogens is 392 g/mol. The first kappa shape index (κ1) is 20.9. The number of benzene rings is 1. The molecule has 0 aliphatic carbocycles. The smallest absolute Gasteiger partial charge is 0.341 e. The van der Waals surface area contributed by atoms with E-state index in [9.17, 15) is 14.4 Å². The van der Waals surface area contributed by atoms with Gasteiger partial charge in [-0.15, -0.1) is 11.3 Å². The lowest BCUT2D eigenvalue weighted by molar-refractivity contribution is -0.123. The van der Waals surface area contributed by atoms with Gasteiger partial charge >= 0.3 is 5.97 Å². The third kappa shape index (κ3) is 4.76. The number of anilines is 2. The maximum absolute atomic E-state index is 12.7. The number of thiophene rings is 1. The van der Waals surface area contributed by atoms with E-state index in [1.54, 1.807) is 31.2 Å². The Balaban J connectivity index is 1.80. The SMILES string of the molecule is CCOC(=O)c1c(CC(C)C)csc1NC(=O)CN1C(=O)COc2ccccc21. The third-order valence-corrected chi connectivity index (χ3v) is 5.28. The molecule has 0 unspecified atom stereocenters. The first-order valence-corrected chi connectivity index (χ1v) is 10.4. The Labute approximate surface area is 173 Å². The van der Waals surface area contributed by atoms with Gasteiger partial charge in [0.05, 0.1) is 17.9 Å². The van der Waals surface area contributed by atoms with Crippen LogP contribution in [0.3, 0.4) is 0 Å². The normalized spacial score (nSPS) is 13.1. The highest BCUT2D eigenvalue weighted by atomic mass is 32.1. The number of nitrogens with zero attached hydrogens (tertiary/aromatic N) is 1. The summed E-state index contributed by atoms with van der Waals surface area (Å²) in [4.78, 5) is 38.8. The number of hydrogen-bond donors (Lipinski definition) is 1. The van der Waals surface area contributed by atoms with Gasteiger partial charge in [-0.05, 0) is 42.3 Å².